The first kappa shape index (κ1) is 20.6. The lowest BCUT2D eigenvalue weighted by atomic mass is 10.2. The summed E-state index contributed by atoms with van der Waals surface area (Å²) in [5.41, 5.74) is 3.05. The minimum Gasteiger partial charge on any atom is -0.493 e. The van der Waals surface area contributed by atoms with E-state index in [0.717, 1.165) is 0 Å². The summed E-state index contributed by atoms with van der Waals surface area (Å²) in [5.74, 6) is 0.478. The van der Waals surface area contributed by atoms with Crippen LogP contribution in [0.2, 0.25) is 0 Å². The Morgan fingerprint density at radius 3 is 2.48 bits per heavy atom. The second-order valence-electron chi connectivity index (χ2n) is 5.90. The average Bonchev–Trinajstić information content (AvgIpc) is 3.30. The van der Waals surface area contributed by atoms with Crippen molar-refractivity contribution in [2.24, 2.45) is 5.10 Å². The van der Waals surface area contributed by atoms with Crippen LogP contribution in [0, 0.1) is 0 Å². The number of thiophene rings is 1. The number of ether oxygens (including phenoxy) is 4. The Balaban J connectivity index is 1.74. The Bertz CT molecular complexity index is 853. The Kier molecular flexibility index (Phi) is 7.04. The van der Waals surface area contributed by atoms with E-state index in [0.29, 0.717) is 48.2 Å². The number of rotatable bonds is 6. The molecule has 1 saturated heterocycles. The van der Waals surface area contributed by atoms with Gasteiger partial charge in [-0.05, 0) is 23.6 Å². The standard InChI is InChI=1S/C19H21N3O6S/c1-25-14-10-13(12-20-21-18(23)16-4-3-9-29-16)11-15(26-2)17(14)28-19(24)22-5-7-27-8-6-22/h3-4,9-12H,5-8H2,1-2H3,(H,21,23)/b20-12-. The van der Waals surface area contributed by atoms with E-state index < -0.39 is 6.09 Å². The van der Waals surface area contributed by atoms with E-state index in [9.17, 15) is 9.59 Å². The summed E-state index contributed by atoms with van der Waals surface area (Å²) in [6.07, 6.45) is 0.943. The minimum absolute atomic E-state index is 0.172. The second-order valence-corrected chi connectivity index (χ2v) is 6.85. The van der Waals surface area contributed by atoms with Crippen molar-refractivity contribution in [3.05, 3.63) is 40.1 Å². The van der Waals surface area contributed by atoms with Gasteiger partial charge in [0.2, 0.25) is 5.75 Å². The molecule has 1 N–H and O–H groups in total. The second kappa shape index (κ2) is 9.89. The van der Waals surface area contributed by atoms with Gasteiger partial charge in [0, 0.05) is 18.7 Å². The van der Waals surface area contributed by atoms with Crippen LogP contribution in [-0.2, 0) is 4.74 Å². The molecule has 2 aromatic rings. The molecular formula is C19H21N3O6S. The predicted molar refractivity (Wildman–Crippen MR) is 107 cm³/mol. The summed E-state index contributed by atoms with van der Waals surface area (Å²) < 4.78 is 21.5. The highest BCUT2D eigenvalue weighted by Gasteiger charge is 2.23. The molecule has 1 aliphatic heterocycles. The molecule has 10 heteroatoms. The van der Waals surface area contributed by atoms with E-state index in [1.165, 1.54) is 31.8 Å². The summed E-state index contributed by atoms with van der Waals surface area (Å²) in [4.78, 5) is 26.5. The molecule has 0 atom stereocenters. The van der Waals surface area contributed by atoms with Crippen molar-refractivity contribution < 1.29 is 28.5 Å². The Labute approximate surface area is 171 Å². The molecule has 1 aliphatic rings. The van der Waals surface area contributed by atoms with E-state index in [1.54, 1.807) is 29.2 Å². The third-order valence-corrected chi connectivity index (χ3v) is 4.93. The van der Waals surface area contributed by atoms with Crippen LogP contribution in [0.1, 0.15) is 15.2 Å². The van der Waals surface area contributed by atoms with E-state index >= 15 is 0 Å². The zero-order valence-electron chi connectivity index (χ0n) is 16.0. The fraction of sp³-hybridized carbons (Fsp3) is 0.316. The number of carbonyl (C=O) groups excluding carboxylic acids is 2. The van der Waals surface area contributed by atoms with Crippen molar-refractivity contribution in [1.82, 2.24) is 10.3 Å². The highest BCUT2D eigenvalue weighted by Crippen LogP contribution is 2.38. The molecule has 1 fully saturated rings. The van der Waals surface area contributed by atoms with Crippen molar-refractivity contribution in [2.75, 3.05) is 40.5 Å². The molecule has 2 heterocycles. The molecule has 0 aliphatic carbocycles. The first-order valence-electron chi connectivity index (χ1n) is 8.80. The molecule has 29 heavy (non-hydrogen) atoms. The Hall–Kier alpha value is -3.11. The molecular weight excluding hydrogens is 398 g/mol. The van der Waals surface area contributed by atoms with Gasteiger partial charge in [-0.3, -0.25) is 4.79 Å². The van der Waals surface area contributed by atoms with Crippen molar-refractivity contribution >= 4 is 29.6 Å². The van der Waals surface area contributed by atoms with Gasteiger partial charge in [-0.25, -0.2) is 10.2 Å². The number of carbonyl (C=O) groups is 2. The SMILES string of the molecule is COc1cc(/C=N\NC(=O)c2cccs2)cc(OC)c1OC(=O)N1CCOCC1. The Morgan fingerprint density at radius 2 is 1.90 bits per heavy atom. The van der Waals surface area contributed by atoms with Crippen LogP contribution in [0.3, 0.4) is 0 Å². The number of benzene rings is 1. The quantitative estimate of drug-likeness (QED) is 0.570. The number of methoxy groups -OCH3 is 2. The molecule has 154 valence electrons. The van der Waals surface area contributed by atoms with Crippen molar-refractivity contribution in [2.45, 2.75) is 0 Å². The lowest BCUT2D eigenvalue weighted by Crippen LogP contribution is -2.42. The van der Waals surface area contributed by atoms with E-state index in [-0.39, 0.29) is 11.7 Å². The number of hydrazone groups is 1. The van der Waals surface area contributed by atoms with Gasteiger partial charge >= 0.3 is 6.09 Å². The monoisotopic (exact) mass is 419 g/mol. The largest absolute Gasteiger partial charge is 0.493 e. The Morgan fingerprint density at radius 1 is 1.21 bits per heavy atom. The molecule has 0 unspecified atom stereocenters. The van der Waals surface area contributed by atoms with Crippen LogP contribution in [0.4, 0.5) is 4.79 Å². The number of hydrogen-bond donors (Lipinski definition) is 1. The number of nitrogens with one attached hydrogen (secondary N) is 1. The first-order chi connectivity index (χ1) is 14.1. The van der Waals surface area contributed by atoms with Crippen molar-refractivity contribution in [3.8, 4) is 17.2 Å². The van der Waals surface area contributed by atoms with Crippen LogP contribution in [-0.4, -0.2) is 63.6 Å². The van der Waals surface area contributed by atoms with Crippen LogP contribution in [0.15, 0.2) is 34.7 Å². The van der Waals surface area contributed by atoms with Gasteiger partial charge in [-0.15, -0.1) is 11.3 Å². The summed E-state index contributed by atoms with van der Waals surface area (Å²) in [6.45, 7) is 1.85. The zero-order valence-corrected chi connectivity index (χ0v) is 16.9. The number of amides is 2. The third kappa shape index (κ3) is 5.24. The van der Waals surface area contributed by atoms with Crippen LogP contribution in [0.5, 0.6) is 17.2 Å². The topological polar surface area (TPSA) is 98.7 Å². The van der Waals surface area contributed by atoms with E-state index in [4.69, 9.17) is 18.9 Å². The van der Waals surface area contributed by atoms with Crippen LogP contribution < -0.4 is 19.6 Å². The van der Waals surface area contributed by atoms with Gasteiger partial charge in [0.05, 0.1) is 38.5 Å². The third-order valence-electron chi connectivity index (χ3n) is 4.07. The maximum absolute atomic E-state index is 12.4. The predicted octanol–water partition coefficient (Wildman–Crippen LogP) is 2.36. The zero-order chi connectivity index (χ0) is 20.6. The normalized spacial score (nSPS) is 13.9. The summed E-state index contributed by atoms with van der Waals surface area (Å²) in [6, 6.07) is 6.76. The van der Waals surface area contributed by atoms with Gasteiger partial charge < -0.3 is 23.8 Å². The maximum atomic E-state index is 12.4. The van der Waals surface area contributed by atoms with Crippen molar-refractivity contribution in [3.63, 3.8) is 0 Å². The lowest BCUT2D eigenvalue weighted by Gasteiger charge is -2.26. The molecule has 2 amide bonds. The molecule has 0 bridgehead atoms. The van der Waals surface area contributed by atoms with Gasteiger partial charge in [0.25, 0.3) is 5.91 Å². The van der Waals surface area contributed by atoms with Gasteiger partial charge in [0.15, 0.2) is 11.5 Å². The van der Waals surface area contributed by atoms with E-state index in [2.05, 4.69) is 10.5 Å². The lowest BCUT2D eigenvalue weighted by molar-refractivity contribution is 0.0411. The molecule has 1 aromatic heterocycles. The van der Waals surface area contributed by atoms with Gasteiger partial charge in [-0.2, -0.15) is 5.10 Å². The smallest absolute Gasteiger partial charge is 0.415 e. The van der Waals surface area contributed by atoms with E-state index in [1.807, 2.05) is 5.38 Å². The maximum Gasteiger partial charge on any atom is 0.415 e. The fourth-order valence-electron chi connectivity index (χ4n) is 2.60. The fourth-order valence-corrected chi connectivity index (χ4v) is 3.21. The highest BCUT2D eigenvalue weighted by molar-refractivity contribution is 7.12. The summed E-state index contributed by atoms with van der Waals surface area (Å²) in [7, 11) is 2.92. The molecule has 1 aromatic carbocycles. The van der Waals surface area contributed by atoms with Crippen molar-refractivity contribution in [1.29, 1.82) is 0 Å². The number of nitrogens with zero attached hydrogens (tertiary/aromatic N) is 2. The highest BCUT2D eigenvalue weighted by atomic mass is 32.1. The van der Waals surface area contributed by atoms with Crippen LogP contribution in [0.25, 0.3) is 0 Å². The first-order valence-corrected chi connectivity index (χ1v) is 9.67. The van der Waals surface area contributed by atoms with Gasteiger partial charge in [0.1, 0.15) is 0 Å². The molecule has 0 radical (unpaired) electrons. The molecule has 0 spiro atoms. The summed E-state index contributed by atoms with van der Waals surface area (Å²) in [5, 5.41) is 5.76. The number of hydrogen-bond acceptors (Lipinski definition) is 8. The molecule has 9 nitrogen and oxygen atoms in total. The number of morpholine rings is 1. The van der Waals surface area contributed by atoms with Crippen LogP contribution >= 0.6 is 11.3 Å². The van der Waals surface area contributed by atoms with Gasteiger partial charge in [-0.1, -0.05) is 6.07 Å². The molecule has 3 rings (SSSR count). The minimum atomic E-state index is -0.505. The summed E-state index contributed by atoms with van der Waals surface area (Å²) >= 11 is 1.32. The average molecular weight is 419 g/mol. The molecule has 0 saturated carbocycles.